The normalized spacial score (nSPS) is 12.1. The Labute approximate surface area is 180 Å². The summed E-state index contributed by atoms with van der Waals surface area (Å²) in [6.45, 7) is 6.15. The third-order valence-corrected chi connectivity index (χ3v) is 4.08. The fourth-order valence-corrected chi connectivity index (χ4v) is 2.74. The predicted octanol–water partition coefficient (Wildman–Crippen LogP) is 2.48. The van der Waals surface area contributed by atoms with E-state index in [1.54, 1.807) is 36.4 Å². The molecule has 0 saturated heterocycles. The molecule has 0 saturated carbocycles. The zero-order valence-electron chi connectivity index (χ0n) is 17.6. The summed E-state index contributed by atoms with van der Waals surface area (Å²) in [6, 6.07) is 10.2. The molecule has 9 nitrogen and oxygen atoms in total. The minimum absolute atomic E-state index is 0.0193. The van der Waals surface area contributed by atoms with Gasteiger partial charge in [-0.05, 0) is 62.7 Å². The number of rotatable bonds is 9. The van der Waals surface area contributed by atoms with Crippen LogP contribution in [-0.4, -0.2) is 44.1 Å². The molecule has 1 aliphatic heterocycles. The Bertz CT molecular complexity index is 974. The SMILES string of the molecule is CCOc1cc(/C=N\NC(=O)CNC(=O)c2ccc3c(c2)OCO3)ccc1OC(C)C. The Morgan fingerprint density at radius 1 is 1.13 bits per heavy atom. The van der Waals surface area contributed by atoms with E-state index in [1.165, 1.54) is 6.21 Å². The first-order chi connectivity index (χ1) is 15.0. The number of carbonyl (C=O) groups is 2. The van der Waals surface area contributed by atoms with Crippen LogP contribution in [0.1, 0.15) is 36.7 Å². The monoisotopic (exact) mass is 427 g/mol. The Morgan fingerprint density at radius 3 is 2.71 bits per heavy atom. The second kappa shape index (κ2) is 10.3. The van der Waals surface area contributed by atoms with Gasteiger partial charge in [-0.25, -0.2) is 5.43 Å². The summed E-state index contributed by atoms with van der Waals surface area (Å²) in [5, 5.41) is 6.45. The van der Waals surface area contributed by atoms with E-state index >= 15 is 0 Å². The van der Waals surface area contributed by atoms with Crippen molar-refractivity contribution in [3.63, 3.8) is 0 Å². The summed E-state index contributed by atoms with van der Waals surface area (Å²) >= 11 is 0. The van der Waals surface area contributed by atoms with Crippen LogP contribution in [0, 0.1) is 0 Å². The van der Waals surface area contributed by atoms with Crippen molar-refractivity contribution in [3.05, 3.63) is 47.5 Å². The average Bonchev–Trinajstić information content (AvgIpc) is 3.21. The minimum atomic E-state index is -0.463. The molecular weight excluding hydrogens is 402 g/mol. The second-order valence-corrected chi connectivity index (χ2v) is 6.85. The number of amides is 2. The maximum atomic E-state index is 12.2. The van der Waals surface area contributed by atoms with E-state index in [0.29, 0.717) is 35.2 Å². The molecule has 0 spiro atoms. The maximum Gasteiger partial charge on any atom is 0.259 e. The van der Waals surface area contributed by atoms with Crippen LogP contribution in [0.15, 0.2) is 41.5 Å². The van der Waals surface area contributed by atoms with Crippen molar-refractivity contribution in [1.29, 1.82) is 0 Å². The molecule has 0 atom stereocenters. The lowest BCUT2D eigenvalue weighted by Gasteiger charge is -2.14. The van der Waals surface area contributed by atoms with Crippen molar-refractivity contribution in [3.8, 4) is 23.0 Å². The van der Waals surface area contributed by atoms with E-state index in [-0.39, 0.29) is 19.4 Å². The molecule has 9 heteroatoms. The van der Waals surface area contributed by atoms with Crippen molar-refractivity contribution in [2.45, 2.75) is 26.9 Å². The third kappa shape index (κ3) is 6.11. The van der Waals surface area contributed by atoms with Gasteiger partial charge in [0.2, 0.25) is 6.79 Å². The standard InChI is InChI=1S/C22H25N3O6/c1-4-28-19-9-15(5-7-18(19)31-14(2)3)11-24-25-21(26)12-23-22(27)16-6-8-17-20(10-16)30-13-29-17/h5-11,14H,4,12-13H2,1-3H3,(H,23,27)(H,25,26)/b24-11-. The molecular formula is C22H25N3O6. The molecule has 31 heavy (non-hydrogen) atoms. The number of ether oxygens (including phenoxy) is 4. The number of nitrogens with one attached hydrogen (secondary N) is 2. The van der Waals surface area contributed by atoms with Gasteiger partial charge < -0.3 is 24.3 Å². The number of fused-ring (bicyclic) bond motifs is 1. The van der Waals surface area contributed by atoms with Crippen LogP contribution < -0.4 is 29.7 Å². The van der Waals surface area contributed by atoms with Gasteiger partial charge in [-0.3, -0.25) is 9.59 Å². The quantitative estimate of drug-likeness (QED) is 0.470. The van der Waals surface area contributed by atoms with Gasteiger partial charge in [0.05, 0.1) is 25.5 Å². The van der Waals surface area contributed by atoms with Crippen LogP contribution in [0.25, 0.3) is 0 Å². The summed E-state index contributed by atoms with van der Waals surface area (Å²) < 4.78 is 21.8. The Balaban J connectivity index is 1.50. The van der Waals surface area contributed by atoms with Crippen molar-refractivity contribution in [2.75, 3.05) is 19.9 Å². The van der Waals surface area contributed by atoms with Gasteiger partial charge in [-0.15, -0.1) is 0 Å². The van der Waals surface area contributed by atoms with Gasteiger partial charge in [0.25, 0.3) is 11.8 Å². The number of carbonyl (C=O) groups excluding carboxylic acids is 2. The summed E-state index contributed by atoms with van der Waals surface area (Å²) in [4.78, 5) is 24.2. The summed E-state index contributed by atoms with van der Waals surface area (Å²) in [5.41, 5.74) is 3.47. The van der Waals surface area contributed by atoms with E-state index in [2.05, 4.69) is 15.8 Å². The molecule has 1 aliphatic rings. The fraction of sp³-hybridized carbons (Fsp3) is 0.318. The first kappa shape index (κ1) is 21.9. The molecule has 164 valence electrons. The number of nitrogens with zero attached hydrogens (tertiary/aromatic N) is 1. The van der Waals surface area contributed by atoms with Crippen LogP contribution in [0.4, 0.5) is 0 Å². The molecule has 0 fully saturated rings. The van der Waals surface area contributed by atoms with E-state index in [1.807, 2.05) is 20.8 Å². The number of hydrogen-bond donors (Lipinski definition) is 2. The van der Waals surface area contributed by atoms with Crippen LogP contribution in [-0.2, 0) is 4.79 Å². The average molecular weight is 427 g/mol. The van der Waals surface area contributed by atoms with Gasteiger partial charge in [-0.1, -0.05) is 0 Å². The highest BCUT2D eigenvalue weighted by Crippen LogP contribution is 2.32. The topological polar surface area (TPSA) is 107 Å². The third-order valence-electron chi connectivity index (χ3n) is 4.08. The summed E-state index contributed by atoms with van der Waals surface area (Å²) in [7, 11) is 0. The van der Waals surface area contributed by atoms with E-state index in [4.69, 9.17) is 18.9 Å². The highest BCUT2D eigenvalue weighted by molar-refractivity contribution is 5.97. The Hall–Kier alpha value is -3.75. The molecule has 2 amide bonds. The van der Waals surface area contributed by atoms with Crippen molar-refractivity contribution in [1.82, 2.24) is 10.7 Å². The number of benzene rings is 2. The van der Waals surface area contributed by atoms with Crippen LogP contribution in [0.3, 0.4) is 0 Å². The maximum absolute atomic E-state index is 12.2. The largest absolute Gasteiger partial charge is 0.490 e. The number of hydrazone groups is 1. The van der Waals surface area contributed by atoms with Gasteiger partial charge in [0.1, 0.15) is 0 Å². The lowest BCUT2D eigenvalue weighted by Crippen LogP contribution is -2.34. The van der Waals surface area contributed by atoms with Crippen LogP contribution in [0.5, 0.6) is 23.0 Å². The molecule has 2 aromatic carbocycles. The molecule has 0 radical (unpaired) electrons. The van der Waals surface area contributed by atoms with Crippen molar-refractivity contribution >= 4 is 18.0 Å². The summed E-state index contributed by atoms with van der Waals surface area (Å²) in [6.07, 6.45) is 1.50. The number of hydrogen-bond acceptors (Lipinski definition) is 7. The van der Waals surface area contributed by atoms with Gasteiger partial charge in [0.15, 0.2) is 23.0 Å². The molecule has 0 aliphatic carbocycles. The summed E-state index contributed by atoms with van der Waals surface area (Å²) in [5.74, 6) is 1.46. The zero-order chi connectivity index (χ0) is 22.2. The minimum Gasteiger partial charge on any atom is -0.490 e. The first-order valence-corrected chi connectivity index (χ1v) is 9.89. The lowest BCUT2D eigenvalue weighted by atomic mass is 10.2. The Morgan fingerprint density at radius 2 is 1.94 bits per heavy atom. The first-order valence-electron chi connectivity index (χ1n) is 9.89. The van der Waals surface area contributed by atoms with Crippen molar-refractivity contribution < 1.29 is 28.5 Å². The molecule has 0 aromatic heterocycles. The van der Waals surface area contributed by atoms with Gasteiger partial charge in [0, 0.05) is 5.56 Å². The predicted molar refractivity (Wildman–Crippen MR) is 114 cm³/mol. The highest BCUT2D eigenvalue weighted by Gasteiger charge is 2.16. The van der Waals surface area contributed by atoms with E-state index < -0.39 is 11.8 Å². The Kier molecular flexibility index (Phi) is 7.31. The van der Waals surface area contributed by atoms with Gasteiger partial charge in [-0.2, -0.15) is 5.10 Å². The molecule has 0 bridgehead atoms. The molecule has 2 N–H and O–H groups in total. The molecule has 3 rings (SSSR count). The zero-order valence-corrected chi connectivity index (χ0v) is 17.6. The van der Waals surface area contributed by atoms with Crippen molar-refractivity contribution in [2.24, 2.45) is 5.10 Å². The smallest absolute Gasteiger partial charge is 0.259 e. The second-order valence-electron chi connectivity index (χ2n) is 6.85. The van der Waals surface area contributed by atoms with E-state index in [0.717, 1.165) is 5.56 Å². The van der Waals surface area contributed by atoms with Crippen LogP contribution >= 0.6 is 0 Å². The fourth-order valence-electron chi connectivity index (χ4n) is 2.74. The van der Waals surface area contributed by atoms with Gasteiger partial charge >= 0.3 is 0 Å². The van der Waals surface area contributed by atoms with Crippen LogP contribution in [0.2, 0.25) is 0 Å². The molecule has 0 unspecified atom stereocenters. The lowest BCUT2D eigenvalue weighted by molar-refractivity contribution is -0.120. The van der Waals surface area contributed by atoms with E-state index in [9.17, 15) is 9.59 Å². The highest BCUT2D eigenvalue weighted by atomic mass is 16.7. The molecule has 2 aromatic rings. The molecule has 1 heterocycles.